The summed E-state index contributed by atoms with van der Waals surface area (Å²) in [5.41, 5.74) is 1.20. The second kappa shape index (κ2) is 24.5. The van der Waals surface area contributed by atoms with E-state index >= 15 is 0 Å². The average molecular weight is 1010 g/mol. The van der Waals surface area contributed by atoms with Crippen molar-refractivity contribution in [1.29, 1.82) is 0 Å². The molecule has 71 heavy (non-hydrogen) atoms. The van der Waals surface area contributed by atoms with Gasteiger partial charge in [-0.25, -0.2) is 4.68 Å². The minimum absolute atomic E-state index is 0.0790. The highest BCUT2D eigenvalue weighted by molar-refractivity contribution is 7.86. The van der Waals surface area contributed by atoms with Crippen LogP contribution in [0.4, 0.5) is 22.7 Å². The molecule has 1 aliphatic rings. The van der Waals surface area contributed by atoms with Gasteiger partial charge in [-0.05, 0) is 67.6 Å². The number of aromatic nitrogens is 3. The number of benzene rings is 4. The summed E-state index contributed by atoms with van der Waals surface area (Å²) in [4.78, 5) is 40.3. The molecule has 1 aliphatic heterocycles. The third-order valence-electron chi connectivity index (χ3n) is 11.1. The van der Waals surface area contributed by atoms with Gasteiger partial charge in [0.05, 0.1) is 57.1 Å². The number of anilines is 2. The molecule has 7 atom stereocenters. The van der Waals surface area contributed by atoms with Gasteiger partial charge in [-0.1, -0.05) is 29.5 Å². The molecule has 5 aromatic rings. The van der Waals surface area contributed by atoms with Crippen LogP contribution in [-0.2, 0) is 51.7 Å². The monoisotopic (exact) mass is 1010 g/mol. The molecule has 24 nitrogen and oxygen atoms in total. The van der Waals surface area contributed by atoms with E-state index in [0.29, 0.717) is 33.7 Å². The lowest BCUT2D eigenvalue weighted by Gasteiger charge is -2.44. The highest BCUT2D eigenvalue weighted by Gasteiger charge is 2.50. The van der Waals surface area contributed by atoms with E-state index in [1.165, 1.54) is 22.9 Å². The van der Waals surface area contributed by atoms with Crippen molar-refractivity contribution in [2.75, 3.05) is 63.8 Å². The Morgan fingerprint density at radius 1 is 0.901 bits per heavy atom. The Balaban J connectivity index is 1.00. The quantitative estimate of drug-likeness (QED) is 0.0183. The molecule has 0 saturated carbocycles. The molecule has 0 radical (unpaired) electrons. The summed E-state index contributed by atoms with van der Waals surface area (Å²) in [5, 5.41) is 71.2. The van der Waals surface area contributed by atoms with Gasteiger partial charge in [-0.15, -0.1) is 5.10 Å². The van der Waals surface area contributed by atoms with Gasteiger partial charge in [0.25, 0.3) is 21.9 Å². The third-order valence-corrected chi connectivity index (χ3v) is 12.0. The van der Waals surface area contributed by atoms with E-state index in [0.717, 1.165) is 19.5 Å². The third kappa shape index (κ3) is 14.5. The Morgan fingerprint density at radius 2 is 1.58 bits per heavy atom. The van der Waals surface area contributed by atoms with E-state index in [9.17, 15) is 47.8 Å². The van der Waals surface area contributed by atoms with Crippen LogP contribution in [-0.4, -0.2) is 162 Å². The van der Waals surface area contributed by atoms with Crippen LogP contribution in [0.5, 0.6) is 0 Å². The number of hydrogen-bond acceptors (Lipinski definition) is 19. The molecule has 2 heterocycles. The Labute approximate surface area is 408 Å². The van der Waals surface area contributed by atoms with Gasteiger partial charge in [0.15, 0.2) is 18.2 Å². The highest BCUT2D eigenvalue weighted by atomic mass is 32.2. The molecule has 1 aromatic heterocycles. The molecule has 0 aliphatic carbocycles. The molecule has 0 bridgehead atoms. The second-order valence-electron chi connectivity index (χ2n) is 16.7. The Kier molecular flexibility index (Phi) is 18.6. The van der Waals surface area contributed by atoms with Gasteiger partial charge in [0, 0.05) is 61.8 Å². The fourth-order valence-corrected chi connectivity index (χ4v) is 7.96. The minimum Gasteiger partial charge on any atom is -0.394 e. The molecule has 0 spiro atoms. The van der Waals surface area contributed by atoms with Crippen molar-refractivity contribution in [2.24, 2.45) is 10.2 Å². The number of amides is 3. The van der Waals surface area contributed by atoms with E-state index in [1.807, 2.05) is 43.3 Å². The van der Waals surface area contributed by atoms with Crippen molar-refractivity contribution in [3.8, 4) is 0 Å². The first-order valence-corrected chi connectivity index (χ1v) is 23.7. The lowest BCUT2D eigenvalue weighted by Crippen LogP contribution is -2.66. The van der Waals surface area contributed by atoms with Gasteiger partial charge in [0.1, 0.15) is 34.9 Å². The van der Waals surface area contributed by atoms with Crippen LogP contribution in [0.15, 0.2) is 106 Å². The fourth-order valence-electron chi connectivity index (χ4n) is 7.25. The summed E-state index contributed by atoms with van der Waals surface area (Å²) in [6, 6.07) is 22.0. The van der Waals surface area contributed by atoms with E-state index in [4.69, 9.17) is 18.9 Å². The number of hydrogen-bond donors (Lipinski definition) is 9. The van der Waals surface area contributed by atoms with Crippen molar-refractivity contribution in [3.63, 3.8) is 0 Å². The van der Waals surface area contributed by atoms with Gasteiger partial charge in [0.2, 0.25) is 5.91 Å². The number of ether oxygens (including phenoxy) is 4. The van der Waals surface area contributed by atoms with Gasteiger partial charge < -0.3 is 65.5 Å². The maximum absolute atomic E-state index is 13.6. The number of azo groups is 1. The van der Waals surface area contributed by atoms with Crippen LogP contribution in [0.3, 0.4) is 0 Å². The molecule has 25 heteroatoms. The van der Waals surface area contributed by atoms with E-state index < -0.39 is 71.1 Å². The largest absolute Gasteiger partial charge is 0.394 e. The topological polar surface area (TPSA) is 330 Å². The van der Waals surface area contributed by atoms with E-state index in [1.54, 1.807) is 48.7 Å². The highest BCUT2D eigenvalue weighted by Crippen LogP contribution is 2.30. The lowest BCUT2D eigenvalue weighted by molar-refractivity contribution is -0.336. The summed E-state index contributed by atoms with van der Waals surface area (Å²) < 4.78 is 58.2. The van der Waals surface area contributed by atoms with Gasteiger partial charge in [-0.2, -0.15) is 18.6 Å². The van der Waals surface area contributed by atoms with E-state index in [-0.39, 0.29) is 62.2 Å². The Hall–Kier alpha value is -6.52. The molecular formula is C46H58N10O14S. The maximum atomic E-state index is 13.6. The average Bonchev–Trinajstić information content (AvgIpc) is 3.81. The number of nitrogens with zero attached hydrogens (tertiary/aromatic N) is 6. The molecule has 382 valence electrons. The molecule has 6 rings (SSSR count). The number of carbonyl (C=O) groups is 3. The SMILES string of the molecule is CC(=O)N[C@H]1[C@H](O[C@@H](OCCOCCn2cc(CNC(=O)c3ccc(/N=N/c4ccc(N(C)C)cc4)cc3)nn2)[C@@](C)(O)C(=O)NCCNc2cccc3c(S(=O)(=O)O)cccc23)O[C@H](CO)[C@@H](O)[C@@H]1O. The first kappa shape index (κ1) is 53.8. The number of nitrogens with one attached hydrogen (secondary N) is 4. The number of rotatable bonds is 24. The van der Waals surface area contributed by atoms with Gasteiger partial charge in [-0.3, -0.25) is 18.9 Å². The fraction of sp³-hybridized carbons (Fsp3) is 0.413. The molecule has 3 amide bonds. The first-order chi connectivity index (χ1) is 33.8. The molecule has 1 fully saturated rings. The predicted octanol–water partition coefficient (Wildman–Crippen LogP) is 1.39. The zero-order chi connectivity index (χ0) is 51.3. The van der Waals surface area contributed by atoms with Crippen LogP contribution < -0.4 is 26.2 Å². The molecule has 0 unspecified atom stereocenters. The second-order valence-corrected chi connectivity index (χ2v) is 18.0. The zero-order valence-corrected chi connectivity index (χ0v) is 40.1. The summed E-state index contributed by atoms with van der Waals surface area (Å²) in [6.07, 6.45) is -6.64. The summed E-state index contributed by atoms with van der Waals surface area (Å²) in [7, 11) is -0.611. The van der Waals surface area contributed by atoms with E-state index in [2.05, 4.69) is 41.8 Å². The smallest absolute Gasteiger partial charge is 0.295 e. The van der Waals surface area contributed by atoms with Crippen molar-refractivity contribution >= 4 is 61.4 Å². The molecule has 9 N–H and O–H groups in total. The molecule has 4 aromatic carbocycles. The van der Waals surface area contributed by atoms with Gasteiger partial charge >= 0.3 is 0 Å². The van der Waals surface area contributed by atoms with Crippen molar-refractivity contribution in [1.82, 2.24) is 30.9 Å². The normalized spacial score (nSPS) is 19.5. The molecular weight excluding hydrogens is 949 g/mol. The summed E-state index contributed by atoms with van der Waals surface area (Å²) in [5.74, 6) is -1.96. The maximum Gasteiger partial charge on any atom is 0.295 e. The van der Waals surface area contributed by atoms with Crippen LogP contribution in [0.2, 0.25) is 0 Å². The van der Waals surface area contributed by atoms with Crippen molar-refractivity contribution < 1.29 is 66.7 Å². The summed E-state index contributed by atoms with van der Waals surface area (Å²) >= 11 is 0. The number of carbonyl (C=O) groups excluding carboxylic acids is 3. The standard InChI is InChI=1S/C46H58N10O14S/c1-28(58)50-39-41(60)40(59)37(27-57)69-43(39)70-45(46(2,63)44(62)48-20-19-47-36-9-5-8-35-34(36)7-6-10-38(35)71(64,65)66)68-24-23-67-22-21-56-26-32(53-54-56)25-49-42(61)29-11-13-30(14-12-29)51-52-31-15-17-33(18-16-31)55(3)4/h5-18,26,37,39-41,43,45,47,57,59-60,63H,19-25,27H2,1-4H3,(H,48,62)(H,49,61)(H,50,58)(H,64,65,66)/b52-51+/t37-,39-,40-,41-,43+,45-,46+/m1/s1. The zero-order valence-electron chi connectivity index (χ0n) is 39.3. The number of fused-ring (bicyclic) bond motifs is 1. The van der Waals surface area contributed by atoms with Crippen molar-refractivity contribution in [3.05, 3.63) is 102 Å². The number of aliphatic hydroxyl groups is 4. The minimum atomic E-state index is -4.51. The molecule has 1 saturated heterocycles. The Morgan fingerprint density at radius 3 is 2.24 bits per heavy atom. The van der Waals surface area contributed by atoms with Crippen LogP contribution >= 0.6 is 0 Å². The van der Waals surface area contributed by atoms with Crippen molar-refractivity contribution in [2.45, 2.75) is 74.4 Å². The lowest BCUT2D eigenvalue weighted by atomic mass is 9.96. The summed E-state index contributed by atoms with van der Waals surface area (Å²) in [6.45, 7) is 1.52. The first-order valence-electron chi connectivity index (χ1n) is 22.3. The van der Waals surface area contributed by atoms with Crippen LogP contribution in [0.1, 0.15) is 29.9 Å². The van der Waals surface area contributed by atoms with Crippen LogP contribution in [0, 0.1) is 0 Å². The predicted molar refractivity (Wildman–Crippen MR) is 255 cm³/mol. The van der Waals surface area contributed by atoms with Crippen LogP contribution in [0.25, 0.3) is 10.8 Å². The number of aliphatic hydroxyl groups excluding tert-OH is 3. The Bertz CT molecular complexity index is 2720.